The molecule has 3 aromatic carbocycles. The fourth-order valence-electron chi connectivity index (χ4n) is 3.97. The number of anilines is 1. The van der Waals surface area contributed by atoms with Crippen LogP contribution in [0, 0.1) is 19.7 Å². The fraction of sp³-hybridized carbons (Fsp3) is 0.154. The number of carbonyl (C=O) groups is 2. The molecule has 1 N–H and O–H groups in total. The van der Waals surface area contributed by atoms with Crippen molar-refractivity contribution in [1.82, 2.24) is 0 Å². The van der Waals surface area contributed by atoms with Gasteiger partial charge in [0.15, 0.2) is 0 Å². The van der Waals surface area contributed by atoms with Gasteiger partial charge in [0.25, 0.3) is 11.7 Å². The smallest absolute Gasteiger partial charge is 0.416 e. The summed E-state index contributed by atoms with van der Waals surface area (Å²) in [4.78, 5) is 26.9. The van der Waals surface area contributed by atoms with Crippen molar-refractivity contribution in [3.63, 3.8) is 0 Å². The molecule has 1 amide bonds. The highest BCUT2D eigenvalue weighted by Gasteiger charge is 2.48. The van der Waals surface area contributed by atoms with Gasteiger partial charge >= 0.3 is 6.18 Å². The van der Waals surface area contributed by atoms with E-state index in [4.69, 9.17) is 0 Å². The van der Waals surface area contributed by atoms with E-state index in [1.807, 2.05) is 6.92 Å². The summed E-state index contributed by atoms with van der Waals surface area (Å²) in [5, 5.41) is 11.1. The Morgan fingerprint density at radius 3 is 2.26 bits per heavy atom. The van der Waals surface area contributed by atoms with Crippen molar-refractivity contribution in [1.29, 1.82) is 0 Å². The van der Waals surface area contributed by atoms with Crippen molar-refractivity contribution in [3.05, 3.63) is 106 Å². The molecule has 3 aromatic rings. The van der Waals surface area contributed by atoms with Crippen LogP contribution in [-0.2, 0) is 15.8 Å². The summed E-state index contributed by atoms with van der Waals surface area (Å²) in [7, 11) is 0. The van der Waals surface area contributed by atoms with E-state index in [-0.39, 0.29) is 16.8 Å². The van der Waals surface area contributed by atoms with Crippen LogP contribution in [0.15, 0.2) is 72.3 Å². The Morgan fingerprint density at radius 2 is 1.62 bits per heavy atom. The van der Waals surface area contributed by atoms with E-state index in [0.717, 1.165) is 40.3 Å². The molecular weight excluding hydrogens is 450 g/mol. The molecule has 1 fully saturated rings. The Kier molecular flexibility index (Phi) is 5.77. The SMILES string of the molecule is Cc1ccc(/C(O)=C2\C(=O)C(=O)N(c3cccc(C(F)(F)F)c3)C2c2ccccc2F)cc1C. The lowest BCUT2D eigenvalue weighted by Gasteiger charge is -2.26. The van der Waals surface area contributed by atoms with Gasteiger partial charge in [-0.3, -0.25) is 14.5 Å². The van der Waals surface area contributed by atoms with E-state index >= 15 is 0 Å². The number of alkyl halides is 3. The van der Waals surface area contributed by atoms with E-state index in [0.29, 0.717) is 0 Å². The van der Waals surface area contributed by atoms with Gasteiger partial charge in [0, 0.05) is 16.8 Å². The van der Waals surface area contributed by atoms with Crippen LogP contribution in [0.25, 0.3) is 5.76 Å². The van der Waals surface area contributed by atoms with Gasteiger partial charge in [-0.1, -0.05) is 36.4 Å². The normalized spacial score (nSPS) is 17.9. The monoisotopic (exact) mass is 469 g/mol. The molecule has 0 spiro atoms. The molecule has 0 aromatic heterocycles. The minimum absolute atomic E-state index is 0.135. The predicted molar refractivity (Wildman–Crippen MR) is 119 cm³/mol. The third-order valence-corrected chi connectivity index (χ3v) is 5.88. The fourth-order valence-corrected chi connectivity index (χ4v) is 3.97. The van der Waals surface area contributed by atoms with Gasteiger partial charge in [-0.25, -0.2) is 4.39 Å². The number of carbonyl (C=O) groups excluding carboxylic acids is 2. The molecule has 1 aliphatic rings. The van der Waals surface area contributed by atoms with Crippen molar-refractivity contribution in [3.8, 4) is 0 Å². The average molecular weight is 469 g/mol. The van der Waals surface area contributed by atoms with Crippen LogP contribution in [-0.4, -0.2) is 16.8 Å². The number of rotatable bonds is 3. The average Bonchev–Trinajstić information content (AvgIpc) is 3.05. The first kappa shape index (κ1) is 23.2. The second-order valence-electron chi connectivity index (χ2n) is 8.04. The van der Waals surface area contributed by atoms with Crippen molar-refractivity contribution in [2.75, 3.05) is 4.90 Å². The molecule has 174 valence electrons. The van der Waals surface area contributed by atoms with Crippen LogP contribution in [0.1, 0.15) is 33.9 Å². The topological polar surface area (TPSA) is 57.6 Å². The van der Waals surface area contributed by atoms with E-state index in [9.17, 15) is 32.3 Å². The maximum Gasteiger partial charge on any atom is 0.416 e. The van der Waals surface area contributed by atoms with Crippen LogP contribution >= 0.6 is 0 Å². The quantitative estimate of drug-likeness (QED) is 0.219. The highest BCUT2D eigenvalue weighted by Crippen LogP contribution is 2.44. The van der Waals surface area contributed by atoms with Crippen molar-refractivity contribution < 1.29 is 32.3 Å². The van der Waals surface area contributed by atoms with Gasteiger partial charge in [-0.05, 0) is 55.3 Å². The number of hydrogen-bond donors (Lipinski definition) is 1. The van der Waals surface area contributed by atoms with Crippen LogP contribution < -0.4 is 4.90 Å². The number of aliphatic hydroxyl groups is 1. The standard InChI is InChI=1S/C26H19F4NO3/c1-14-10-11-16(12-15(14)2)23(32)21-22(19-8-3-4-9-20(19)27)31(25(34)24(21)33)18-7-5-6-17(13-18)26(28,29)30/h3-13,22,32H,1-2H3/b23-21+. The Balaban J connectivity index is 1.98. The van der Waals surface area contributed by atoms with Gasteiger partial charge in [0.05, 0.1) is 17.2 Å². The molecule has 0 radical (unpaired) electrons. The largest absolute Gasteiger partial charge is 0.507 e. The summed E-state index contributed by atoms with van der Waals surface area (Å²) in [6.45, 7) is 3.65. The number of benzene rings is 3. The first-order valence-corrected chi connectivity index (χ1v) is 10.3. The molecule has 1 unspecified atom stereocenters. The minimum Gasteiger partial charge on any atom is -0.507 e. The Labute approximate surface area is 192 Å². The third-order valence-electron chi connectivity index (χ3n) is 5.88. The minimum atomic E-state index is -4.70. The van der Waals surface area contributed by atoms with Crippen LogP contribution in [0.3, 0.4) is 0 Å². The van der Waals surface area contributed by atoms with Gasteiger partial charge in [0.1, 0.15) is 11.6 Å². The number of aliphatic hydroxyl groups excluding tert-OH is 1. The highest BCUT2D eigenvalue weighted by molar-refractivity contribution is 6.51. The molecule has 1 saturated heterocycles. The molecule has 34 heavy (non-hydrogen) atoms. The zero-order valence-electron chi connectivity index (χ0n) is 18.2. The highest BCUT2D eigenvalue weighted by atomic mass is 19.4. The summed E-state index contributed by atoms with van der Waals surface area (Å²) in [6, 6.07) is 12.6. The molecule has 0 saturated carbocycles. The van der Waals surface area contributed by atoms with Crippen LogP contribution in [0.2, 0.25) is 0 Å². The Bertz CT molecular complexity index is 1340. The number of nitrogens with zero attached hydrogens (tertiary/aromatic N) is 1. The first-order valence-electron chi connectivity index (χ1n) is 10.3. The third kappa shape index (κ3) is 3.96. The second-order valence-corrected chi connectivity index (χ2v) is 8.04. The molecule has 0 bridgehead atoms. The van der Waals surface area contributed by atoms with Crippen LogP contribution in [0.4, 0.5) is 23.2 Å². The van der Waals surface area contributed by atoms with Crippen LogP contribution in [0.5, 0.6) is 0 Å². The number of Topliss-reactive ketones (excluding diaryl/α,β-unsaturated/α-hetero) is 1. The first-order chi connectivity index (χ1) is 16.0. The van der Waals surface area contributed by atoms with Crippen molar-refractivity contribution >= 4 is 23.1 Å². The molecule has 4 nitrogen and oxygen atoms in total. The summed E-state index contributed by atoms with van der Waals surface area (Å²) >= 11 is 0. The summed E-state index contributed by atoms with van der Waals surface area (Å²) < 4.78 is 54.9. The van der Waals surface area contributed by atoms with E-state index in [1.54, 1.807) is 25.1 Å². The van der Waals surface area contributed by atoms with Crippen molar-refractivity contribution in [2.45, 2.75) is 26.1 Å². The summed E-state index contributed by atoms with van der Waals surface area (Å²) in [5.41, 5.74) is 0.134. The molecule has 0 aliphatic carbocycles. The number of hydrogen-bond acceptors (Lipinski definition) is 3. The molecule has 8 heteroatoms. The van der Waals surface area contributed by atoms with Gasteiger partial charge in [-0.2, -0.15) is 13.2 Å². The zero-order chi connectivity index (χ0) is 24.8. The maximum atomic E-state index is 14.9. The lowest BCUT2D eigenvalue weighted by Crippen LogP contribution is -2.30. The molecule has 1 heterocycles. The predicted octanol–water partition coefficient (Wildman–Crippen LogP) is 6.09. The maximum absolute atomic E-state index is 14.9. The van der Waals surface area contributed by atoms with Gasteiger partial charge in [-0.15, -0.1) is 0 Å². The molecule has 1 atom stereocenters. The number of halogens is 4. The molecular formula is C26H19F4NO3. The molecule has 1 aliphatic heterocycles. The van der Waals surface area contributed by atoms with Gasteiger partial charge in [0.2, 0.25) is 0 Å². The number of ketones is 1. The summed E-state index contributed by atoms with van der Waals surface area (Å²) in [6.07, 6.45) is -4.70. The van der Waals surface area contributed by atoms with E-state index in [2.05, 4.69) is 0 Å². The lowest BCUT2D eigenvalue weighted by molar-refractivity contribution is -0.137. The van der Waals surface area contributed by atoms with Crippen molar-refractivity contribution in [2.24, 2.45) is 0 Å². The number of aryl methyl sites for hydroxylation is 2. The lowest BCUT2D eigenvalue weighted by atomic mass is 9.94. The summed E-state index contributed by atoms with van der Waals surface area (Å²) in [5.74, 6) is -3.61. The second kappa shape index (κ2) is 8.44. The Morgan fingerprint density at radius 1 is 0.912 bits per heavy atom. The van der Waals surface area contributed by atoms with E-state index in [1.165, 1.54) is 24.3 Å². The number of amides is 1. The molecule has 4 rings (SSSR count). The van der Waals surface area contributed by atoms with E-state index < -0.39 is 46.6 Å². The Hall–Kier alpha value is -3.94. The zero-order valence-corrected chi connectivity index (χ0v) is 18.2. The van der Waals surface area contributed by atoms with Gasteiger partial charge < -0.3 is 5.11 Å².